The van der Waals surface area contributed by atoms with Crippen LogP contribution in [0.4, 0.5) is 5.82 Å². The fourth-order valence-electron chi connectivity index (χ4n) is 1.10. The highest BCUT2D eigenvalue weighted by molar-refractivity contribution is 5.87. The Bertz CT molecular complexity index is 472. The number of aromatic nitrogens is 2. The number of nitrogens with zero attached hydrogens (tertiary/aromatic N) is 5. The number of carbonyl (C=O) groups is 1. The molecular weight excluding hydrogens is 222 g/mol. The van der Waals surface area contributed by atoms with E-state index >= 15 is 0 Å². The van der Waals surface area contributed by atoms with E-state index in [1.807, 2.05) is 12.1 Å². The Morgan fingerprint density at radius 1 is 1.41 bits per heavy atom. The number of nitriles is 2. The van der Waals surface area contributed by atoms with Gasteiger partial charge in [0.15, 0.2) is 5.69 Å². The van der Waals surface area contributed by atoms with E-state index in [4.69, 9.17) is 10.5 Å². The SMILES string of the molecule is COC(=O)c1cncc(N(CC#N)CC#N)n1. The van der Waals surface area contributed by atoms with Crippen molar-refractivity contribution in [1.29, 1.82) is 10.5 Å². The monoisotopic (exact) mass is 231 g/mol. The first-order chi connectivity index (χ1) is 8.22. The van der Waals surface area contributed by atoms with Crippen LogP contribution in [0.1, 0.15) is 10.5 Å². The molecule has 0 spiro atoms. The zero-order chi connectivity index (χ0) is 12.7. The van der Waals surface area contributed by atoms with Crippen LogP contribution in [0.5, 0.6) is 0 Å². The number of hydrogen-bond acceptors (Lipinski definition) is 7. The molecule has 1 aromatic rings. The highest BCUT2D eigenvalue weighted by Crippen LogP contribution is 2.09. The Morgan fingerprint density at radius 3 is 2.59 bits per heavy atom. The third kappa shape index (κ3) is 3.14. The molecule has 0 N–H and O–H groups in total. The predicted molar refractivity (Wildman–Crippen MR) is 56.8 cm³/mol. The van der Waals surface area contributed by atoms with Gasteiger partial charge in [-0.25, -0.2) is 9.78 Å². The summed E-state index contributed by atoms with van der Waals surface area (Å²) in [7, 11) is 1.24. The van der Waals surface area contributed by atoms with Crippen molar-refractivity contribution in [1.82, 2.24) is 9.97 Å². The van der Waals surface area contributed by atoms with Crippen molar-refractivity contribution in [2.45, 2.75) is 0 Å². The normalized spacial score (nSPS) is 8.88. The number of esters is 1. The molecule has 1 rings (SSSR count). The number of carbonyl (C=O) groups excluding carboxylic acids is 1. The summed E-state index contributed by atoms with van der Waals surface area (Å²) in [4.78, 5) is 20.4. The van der Waals surface area contributed by atoms with Gasteiger partial charge in [-0.1, -0.05) is 0 Å². The van der Waals surface area contributed by atoms with Gasteiger partial charge in [-0.3, -0.25) is 4.98 Å². The third-order valence-electron chi connectivity index (χ3n) is 1.86. The van der Waals surface area contributed by atoms with Crippen LogP contribution < -0.4 is 4.90 Å². The van der Waals surface area contributed by atoms with E-state index < -0.39 is 5.97 Å². The highest BCUT2D eigenvalue weighted by Gasteiger charge is 2.12. The minimum Gasteiger partial charge on any atom is -0.464 e. The van der Waals surface area contributed by atoms with Crippen molar-refractivity contribution in [3.63, 3.8) is 0 Å². The molecule has 0 atom stereocenters. The average Bonchev–Trinajstić information content (AvgIpc) is 2.37. The molecule has 0 aliphatic rings. The Kier molecular flexibility index (Phi) is 4.40. The van der Waals surface area contributed by atoms with E-state index in [0.29, 0.717) is 0 Å². The quantitative estimate of drug-likeness (QED) is 0.535. The minimum absolute atomic E-state index is 0.00708. The lowest BCUT2D eigenvalue weighted by Crippen LogP contribution is -2.25. The zero-order valence-corrected chi connectivity index (χ0v) is 9.12. The molecule has 0 aliphatic heterocycles. The fourth-order valence-corrected chi connectivity index (χ4v) is 1.10. The van der Waals surface area contributed by atoms with E-state index in [0.717, 1.165) is 0 Å². The number of methoxy groups -OCH3 is 1. The largest absolute Gasteiger partial charge is 0.464 e. The van der Waals surface area contributed by atoms with Crippen LogP contribution in [0.3, 0.4) is 0 Å². The molecule has 86 valence electrons. The standard InChI is InChI=1S/C10H9N5O2/c1-17-10(16)8-6-13-7-9(14-8)15(4-2-11)5-3-12/h6-7H,4-5H2,1H3. The second kappa shape index (κ2) is 6.03. The molecule has 0 unspecified atom stereocenters. The van der Waals surface area contributed by atoms with Gasteiger partial charge in [0.2, 0.25) is 0 Å². The minimum atomic E-state index is -0.617. The predicted octanol–water partition coefficient (Wildman–Crippen LogP) is 0.117. The maximum atomic E-state index is 11.2. The van der Waals surface area contributed by atoms with E-state index in [-0.39, 0.29) is 24.6 Å². The molecule has 0 aromatic carbocycles. The van der Waals surface area contributed by atoms with Crippen molar-refractivity contribution >= 4 is 11.8 Å². The van der Waals surface area contributed by atoms with Crippen molar-refractivity contribution in [3.05, 3.63) is 18.1 Å². The van der Waals surface area contributed by atoms with Gasteiger partial charge >= 0.3 is 5.97 Å². The van der Waals surface area contributed by atoms with Gasteiger partial charge in [-0.2, -0.15) is 10.5 Å². The van der Waals surface area contributed by atoms with Gasteiger partial charge in [0, 0.05) is 0 Å². The summed E-state index contributed by atoms with van der Waals surface area (Å²) < 4.78 is 4.50. The lowest BCUT2D eigenvalue weighted by molar-refractivity contribution is 0.0593. The van der Waals surface area contributed by atoms with Crippen molar-refractivity contribution < 1.29 is 9.53 Å². The van der Waals surface area contributed by atoms with Crippen molar-refractivity contribution in [2.24, 2.45) is 0 Å². The second-order valence-electron chi connectivity index (χ2n) is 2.93. The number of anilines is 1. The van der Waals surface area contributed by atoms with Gasteiger partial charge in [0.25, 0.3) is 0 Å². The van der Waals surface area contributed by atoms with Crippen LogP contribution in [-0.4, -0.2) is 36.1 Å². The van der Waals surface area contributed by atoms with E-state index in [1.54, 1.807) is 0 Å². The summed E-state index contributed by atoms with van der Waals surface area (Å²) >= 11 is 0. The third-order valence-corrected chi connectivity index (χ3v) is 1.86. The van der Waals surface area contributed by atoms with Gasteiger partial charge < -0.3 is 9.64 Å². The van der Waals surface area contributed by atoms with Crippen molar-refractivity contribution in [3.8, 4) is 12.1 Å². The molecule has 1 heterocycles. The summed E-state index contributed by atoms with van der Waals surface area (Å²) in [6, 6.07) is 3.81. The van der Waals surface area contributed by atoms with Gasteiger partial charge in [0.05, 0.1) is 31.6 Å². The average molecular weight is 231 g/mol. The Morgan fingerprint density at radius 2 is 2.06 bits per heavy atom. The second-order valence-corrected chi connectivity index (χ2v) is 2.93. The smallest absolute Gasteiger partial charge is 0.358 e. The number of ether oxygens (including phenoxy) is 1. The molecule has 0 saturated heterocycles. The molecule has 0 bridgehead atoms. The summed E-state index contributed by atoms with van der Waals surface area (Å²) in [5, 5.41) is 17.2. The molecule has 7 nitrogen and oxygen atoms in total. The van der Waals surface area contributed by atoms with Gasteiger partial charge in [-0.05, 0) is 0 Å². The molecular formula is C10H9N5O2. The summed E-state index contributed by atoms with van der Waals surface area (Å²) in [6.07, 6.45) is 2.63. The molecule has 0 amide bonds. The van der Waals surface area contributed by atoms with Crippen LogP contribution in [0.25, 0.3) is 0 Å². The topological polar surface area (TPSA) is 103 Å². The van der Waals surface area contributed by atoms with Crippen LogP contribution in [-0.2, 0) is 4.74 Å². The van der Waals surface area contributed by atoms with Crippen molar-refractivity contribution in [2.75, 3.05) is 25.1 Å². The molecule has 0 saturated carbocycles. The molecule has 17 heavy (non-hydrogen) atoms. The molecule has 1 aromatic heterocycles. The molecule has 0 radical (unpaired) electrons. The lowest BCUT2D eigenvalue weighted by Gasteiger charge is -2.16. The highest BCUT2D eigenvalue weighted by atomic mass is 16.5. The maximum Gasteiger partial charge on any atom is 0.358 e. The first-order valence-corrected chi connectivity index (χ1v) is 4.62. The number of hydrogen-bond donors (Lipinski definition) is 0. The zero-order valence-electron chi connectivity index (χ0n) is 9.12. The molecule has 0 aliphatic carbocycles. The Balaban J connectivity index is 3.01. The van der Waals surface area contributed by atoms with E-state index in [9.17, 15) is 4.79 Å². The maximum absolute atomic E-state index is 11.2. The van der Waals surface area contributed by atoms with Crippen LogP contribution in [0.15, 0.2) is 12.4 Å². The summed E-state index contributed by atoms with van der Waals surface area (Å²) in [6.45, 7) is -0.0142. The molecule has 0 fully saturated rings. The first kappa shape index (κ1) is 12.4. The van der Waals surface area contributed by atoms with Gasteiger partial charge in [-0.15, -0.1) is 0 Å². The Hall–Kier alpha value is -2.67. The number of rotatable bonds is 4. The van der Waals surface area contributed by atoms with Crippen LogP contribution >= 0.6 is 0 Å². The summed E-state index contributed by atoms with van der Waals surface area (Å²) in [5.41, 5.74) is 0.0332. The van der Waals surface area contributed by atoms with Crippen LogP contribution in [0, 0.1) is 22.7 Å². The summed E-state index contributed by atoms with van der Waals surface area (Å²) in [5.74, 6) is -0.329. The first-order valence-electron chi connectivity index (χ1n) is 4.62. The molecule has 7 heteroatoms. The lowest BCUT2D eigenvalue weighted by atomic mass is 10.4. The van der Waals surface area contributed by atoms with E-state index in [1.165, 1.54) is 24.4 Å². The Labute approximate surface area is 97.9 Å². The van der Waals surface area contributed by atoms with Crippen LogP contribution in [0.2, 0.25) is 0 Å². The fraction of sp³-hybridized carbons (Fsp3) is 0.300. The van der Waals surface area contributed by atoms with Gasteiger partial charge in [0.1, 0.15) is 18.9 Å². The van der Waals surface area contributed by atoms with E-state index in [2.05, 4.69) is 14.7 Å².